The number of rotatable bonds is 5. The molecule has 0 aromatic carbocycles. The SMILES string of the molecule is O=C(CCn1ccc(=O)[nH]c1=O)N1CCCn2nc(C(O)CO)cc2C1. The summed E-state index contributed by atoms with van der Waals surface area (Å²) >= 11 is 0. The normalized spacial score (nSPS) is 15.4. The minimum absolute atomic E-state index is 0.109. The Labute approximate surface area is 148 Å². The monoisotopic (exact) mass is 363 g/mol. The van der Waals surface area contributed by atoms with Crippen LogP contribution in [0, 0.1) is 0 Å². The first-order valence-corrected chi connectivity index (χ1v) is 8.41. The van der Waals surface area contributed by atoms with Gasteiger partial charge in [-0.25, -0.2) is 4.79 Å². The molecule has 1 aliphatic heterocycles. The highest BCUT2D eigenvalue weighted by Gasteiger charge is 2.22. The highest BCUT2D eigenvalue weighted by Crippen LogP contribution is 2.18. The Balaban J connectivity index is 1.67. The summed E-state index contributed by atoms with van der Waals surface area (Å²) in [7, 11) is 0. The molecule has 0 saturated carbocycles. The van der Waals surface area contributed by atoms with Crippen molar-refractivity contribution >= 4 is 5.91 Å². The molecule has 10 nitrogen and oxygen atoms in total. The van der Waals surface area contributed by atoms with Crippen molar-refractivity contribution in [1.82, 2.24) is 24.2 Å². The summed E-state index contributed by atoms with van der Waals surface area (Å²) in [6, 6.07) is 2.93. The molecule has 1 atom stereocenters. The van der Waals surface area contributed by atoms with Crippen LogP contribution in [0.5, 0.6) is 0 Å². The van der Waals surface area contributed by atoms with Crippen molar-refractivity contribution in [2.24, 2.45) is 0 Å². The number of nitrogens with zero attached hydrogens (tertiary/aromatic N) is 4. The summed E-state index contributed by atoms with van der Waals surface area (Å²) in [5.41, 5.74) is 0.164. The van der Waals surface area contributed by atoms with Gasteiger partial charge in [-0.1, -0.05) is 0 Å². The molecule has 0 aliphatic carbocycles. The van der Waals surface area contributed by atoms with Crippen LogP contribution < -0.4 is 11.2 Å². The number of aryl methyl sites for hydroxylation is 2. The molecule has 0 radical (unpaired) electrons. The molecule has 1 unspecified atom stereocenters. The number of aliphatic hydroxyl groups excluding tert-OH is 2. The number of aliphatic hydroxyl groups is 2. The number of nitrogens with one attached hydrogen (secondary N) is 1. The van der Waals surface area contributed by atoms with Crippen LogP contribution in [0.25, 0.3) is 0 Å². The summed E-state index contributed by atoms with van der Waals surface area (Å²) in [5.74, 6) is -0.109. The molecule has 26 heavy (non-hydrogen) atoms. The maximum Gasteiger partial charge on any atom is 0.328 e. The lowest BCUT2D eigenvalue weighted by atomic mass is 10.2. The van der Waals surface area contributed by atoms with Gasteiger partial charge in [-0.3, -0.25) is 19.3 Å². The van der Waals surface area contributed by atoms with E-state index in [9.17, 15) is 19.5 Å². The van der Waals surface area contributed by atoms with E-state index in [1.807, 2.05) is 0 Å². The van der Waals surface area contributed by atoms with Crippen LogP contribution in [0.2, 0.25) is 0 Å². The lowest BCUT2D eigenvalue weighted by molar-refractivity contribution is -0.132. The van der Waals surface area contributed by atoms with Gasteiger partial charge in [-0.05, 0) is 12.5 Å². The number of aromatic amines is 1. The van der Waals surface area contributed by atoms with Gasteiger partial charge in [0.15, 0.2) is 0 Å². The second-order valence-corrected chi connectivity index (χ2v) is 6.20. The third-order valence-corrected chi connectivity index (χ3v) is 4.36. The van der Waals surface area contributed by atoms with E-state index in [4.69, 9.17) is 5.11 Å². The zero-order valence-electron chi connectivity index (χ0n) is 14.2. The van der Waals surface area contributed by atoms with Crippen LogP contribution in [0.1, 0.15) is 30.3 Å². The smallest absolute Gasteiger partial charge is 0.328 e. The van der Waals surface area contributed by atoms with Crippen molar-refractivity contribution < 1.29 is 15.0 Å². The minimum atomic E-state index is -1.04. The van der Waals surface area contributed by atoms with Crippen LogP contribution in [-0.4, -0.2) is 53.5 Å². The van der Waals surface area contributed by atoms with Gasteiger partial charge >= 0.3 is 5.69 Å². The third-order valence-electron chi connectivity index (χ3n) is 4.36. The van der Waals surface area contributed by atoms with Crippen molar-refractivity contribution in [3.63, 3.8) is 0 Å². The largest absolute Gasteiger partial charge is 0.393 e. The van der Waals surface area contributed by atoms with Gasteiger partial charge in [0.2, 0.25) is 5.91 Å². The van der Waals surface area contributed by atoms with Gasteiger partial charge in [-0.2, -0.15) is 5.10 Å². The first-order valence-electron chi connectivity index (χ1n) is 8.41. The van der Waals surface area contributed by atoms with Crippen molar-refractivity contribution in [2.75, 3.05) is 13.2 Å². The number of carbonyl (C=O) groups is 1. The molecule has 3 heterocycles. The Morgan fingerprint density at radius 1 is 1.35 bits per heavy atom. The van der Waals surface area contributed by atoms with Gasteiger partial charge in [0.25, 0.3) is 5.56 Å². The van der Waals surface area contributed by atoms with E-state index in [1.54, 1.807) is 15.6 Å². The van der Waals surface area contributed by atoms with E-state index in [-0.39, 0.29) is 18.9 Å². The second kappa shape index (κ2) is 7.67. The first kappa shape index (κ1) is 18.1. The van der Waals surface area contributed by atoms with Gasteiger partial charge in [0.1, 0.15) is 6.10 Å². The Hall–Kier alpha value is -2.72. The number of hydrogen-bond acceptors (Lipinski definition) is 6. The zero-order chi connectivity index (χ0) is 18.7. The molecular weight excluding hydrogens is 342 g/mol. The Morgan fingerprint density at radius 2 is 2.15 bits per heavy atom. The average molecular weight is 363 g/mol. The molecule has 1 amide bonds. The highest BCUT2D eigenvalue weighted by atomic mass is 16.3. The summed E-state index contributed by atoms with van der Waals surface area (Å²) in [4.78, 5) is 39.1. The number of aromatic nitrogens is 4. The fraction of sp³-hybridized carbons (Fsp3) is 0.500. The van der Waals surface area contributed by atoms with E-state index in [0.29, 0.717) is 31.7 Å². The van der Waals surface area contributed by atoms with Crippen molar-refractivity contribution in [3.05, 3.63) is 50.6 Å². The van der Waals surface area contributed by atoms with Gasteiger partial charge in [0.05, 0.1) is 24.5 Å². The lowest BCUT2D eigenvalue weighted by Gasteiger charge is -2.20. The van der Waals surface area contributed by atoms with Gasteiger partial charge < -0.3 is 19.7 Å². The summed E-state index contributed by atoms with van der Waals surface area (Å²) in [6.45, 7) is 1.31. The Kier molecular flexibility index (Phi) is 5.33. The average Bonchev–Trinajstić information content (AvgIpc) is 2.91. The number of fused-ring (bicyclic) bond motifs is 1. The molecule has 2 aromatic heterocycles. The number of amides is 1. The van der Waals surface area contributed by atoms with Crippen molar-refractivity contribution in [3.8, 4) is 0 Å². The molecule has 3 N–H and O–H groups in total. The van der Waals surface area contributed by atoms with Crippen LogP contribution in [-0.2, 0) is 24.4 Å². The zero-order valence-corrected chi connectivity index (χ0v) is 14.2. The van der Waals surface area contributed by atoms with Crippen molar-refractivity contribution in [2.45, 2.75) is 38.6 Å². The van der Waals surface area contributed by atoms with Crippen LogP contribution >= 0.6 is 0 Å². The molecule has 1 aliphatic rings. The highest BCUT2D eigenvalue weighted by molar-refractivity contribution is 5.76. The maximum absolute atomic E-state index is 12.5. The second-order valence-electron chi connectivity index (χ2n) is 6.20. The van der Waals surface area contributed by atoms with Gasteiger partial charge in [0, 0.05) is 38.3 Å². The fourth-order valence-corrected chi connectivity index (χ4v) is 2.95. The third kappa shape index (κ3) is 3.92. The van der Waals surface area contributed by atoms with E-state index in [1.165, 1.54) is 16.8 Å². The predicted molar refractivity (Wildman–Crippen MR) is 90.2 cm³/mol. The summed E-state index contributed by atoms with van der Waals surface area (Å²) in [5, 5.41) is 23.0. The molecule has 140 valence electrons. The fourth-order valence-electron chi connectivity index (χ4n) is 2.95. The molecule has 2 aromatic rings. The maximum atomic E-state index is 12.5. The van der Waals surface area contributed by atoms with E-state index in [0.717, 1.165) is 5.69 Å². The summed E-state index contributed by atoms with van der Waals surface area (Å²) < 4.78 is 3.03. The molecular formula is C16H21N5O5. The molecule has 0 bridgehead atoms. The van der Waals surface area contributed by atoms with Gasteiger partial charge in [-0.15, -0.1) is 0 Å². The van der Waals surface area contributed by atoms with E-state index < -0.39 is 24.0 Å². The minimum Gasteiger partial charge on any atom is -0.393 e. The van der Waals surface area contributed by atoms with Crippen molar-refractivity contribution in [1.29, 1.82) is 0 Å². The topological polar surface area (TPSA) is 133 Å². The molecule has 10 heteroatoms. The molecule has 0 saturated heterocycles. The number of carbonyl (C=O) groups excluding carboxylic acids is 1. The first-order chi connectivity index (χ1) is 12.5. The predicted octanol–water partition coefficient (Wildman–Crippen LogP) is -1.42. The number of hydrogen-bond donors (Lipinski definition) is 3. The number of H-pyrrole nitrogens is 1. The molecule has 3 rings (SSSR count). The standard InChI is InChI=1S/C16H21N5O5/c22-10-13(23)12-8-11-9-20(4-1-5-21(11)18-12)15(25)3-7-19-6-2-14(24)17-16(19)26/h2,6,8,13,22-23H,1,3-5,7,9-10H2,(H,17,24,26). The Morgan fingerprint density at radius 3 is 2.88 bits per heavy atom. The summed E-state index contributed by atoms with van der Waals surface area (Å²) in [6.07, 6.45) is 1.18. The Bertz CT molecular complexity index is 899. The van der Waals surface area contributed by atoms with Crippen LogP contribution in [0.3, 0.4) is 0 Å². The quantitative estimate of drug-likeness (QED) is 0.597. The van der Waals surface area contributed by atoms with E-state index in [2.05, 4.69) is 10.1 Å². The molecule has 0 fully saturated rings. The van der Waals surface area contributed by atoms with E-state index >= 15 is 0 Å². The van der Waals surface area contributed by atoms with Crippen LogP contribution in [0.15, 0.2) is 27.9 Å². The van der Waals surface area contributed by atoms with Crippen LogP contribution in [0.4, 0.5) is 0 Å². The lowest BCUT2D eigenvalue weighted by Crippen LogP contribution is -2.34. The molecule has 0 spiro atoms.